The van der Waals surface area contributed by atoms with Crippen LogP contribution in [-0.2, 0) is 4.79 Å². The molecule has 1 amide bonds. The molecule has 6 heteroatoms. The van der Waals surface area contributed by atoms with Crippen LogP contribution in [0.3, 0.4) is 0 Å². The van der Waals surface area contributed by atoms with Crippen molar-refractivity contribution in [1.29, 1.82) is 5.26 Å². The van der Waals surface area contributed by atoms with Crippen molar-refractivity contribution in [2.24, 2.45) is 5.73 Å². The van der Waals surface area contributed by atoms with Gasteiger partial charge in [-0.1, -0.05) is 0 Å². The summed E-state index contributed by atoms with van der Waals surface area (Å²) >= 11 is 0. The van der Waals surface area contributed by atoms with E-state index in [2.05, 4.69) is 0 Å². The molecule has 0 radical (unpaired) electrons. The first-order valence-corrected chi connectivity index (χ1v) is 6.47. The van der Waals surface area contributed by atoms with Gasteiger partial charge in [-0.05, 0) is 24.6 Å². The Labute approximate surface area is 117 Å². The van der Waals surface area contributed by atoms with Crippen LogP contribution in [0.4, 0.5) is 10.1 Å². The predicted octanol–water partition coefficient (Wildman–Crippen LogP) is 0.613. The molecule has 0 saturated carbocycles. The summed E-state index contributed by atoms with van der Waals surface area (Å²) in [7, 11) is 0. The van der Waals surface area contributed by atoms with Crippen LogP contribution in [0.2, 0.25) is 0 Å². The maximum atomic E-state index is 14.1. The third-order valence-electron chi connectivity index (χ3n) is 3.45. The second kappa shape index (κ2) is 5.88. The molecule has 0 atom stereocenters. The van der Waals surface area contributed by atoms with Crippen LogP contribution >= 0.6 is 0 Å². The van der Waals surface area contributed by atoms with E-state index in [4.69, 9.17) is 11.0 Å². The highest BCUT2D eigenvalue weighted by molar-refractivity contribution is 5.76. The van der Waals surface area contributed by atoms with Crippen molar-refractivity contribution < 1.29 is 9.18 Å². The lowest BCUT2D eigenvalue weighted by Crippen LogP contribution is -2.49. The van der Waals surface area contributed by atoms with Crippen LogP contribution in [0.5, 0.6) is 0 Å². The molecule has 20 heavy (non-hydrogen) atoms. The Morgan fingerprint density at radius 2 is 2.05 bits per heavy atom. The van der Waals surface area contributed by atoms with E-state index in [1.807, 2.05) is 15.9 Å². The minimum Gasteiger partial charge on any atom is -0.369 e. The maximum absolute atomic E-state index is 14.1. The fraction of sp³-hybridized carbons (Fsp3) is 0.429. The van der Waals surface area contributed by atoms with E-state index in [1.54, 1.807) is 13.0 Å². The number of aryl methyl sites for hydroxylation is 1. The van der Waals surface area contributed by atoms with E-state index >= 15 is 0 Å². The Morgan fingerprint density at radius 3 is 2.55 bits per heavy atom. The minimum atomic E-state index is -0.370. The van der Waals surface area contributed by atoms with Gasteiger partial charge in [0.1, 0.15) is 5.82 Å². The lowest BCUT2D eigenvalue weighted by molar-refractivity contribution is -0.119. The number of nitriles is 1. The number of nitrogens with zero attached hydrogens (tertiary/aromatic N) is 3. The van der Waals surface area contributed by atoms with Gasteiger partial charge in [0.15, 0.2) is 0 Å². The van der Waals surface area contributed by atoms with Gasteiger partial charge in [0.05, 0.1) is 23.9 Å². The second-order valence-electron chi connectivity index (χ2n) is 4.96. The van der Waals surface area contributed by atoms with Crippen LogP contribution in [0.25, 0.3) is 0 Å². The van der Waals surface area contributed by atoms with E-state index in [0.29, 0.717) is 37.4 Å². The van der Waals surface area contributed by atoms with Crippen molar-refractivity contribution in [3.05, 3.63) is 29.1 Å². The Morgan fingerprint density at radius 1 is 1.40 bits per heavy atom. The topological polar surface area (TPSA) is 73.4 Å². The van der Waals surface area contributed by atoms with E-state index < -0.39 is 0 Å². The zero-order valence-corrected chi connectivity index (χ0v) is 11.4. The number of primary amides is 1. The number of piperazine rings is 1. The Hall–Kier alpha value is -2.13. The van der Waals surface area contributed by atoms with Crippen molar-refractivity contribution >= 4 is 11.6 Å². The van der Waals surface area contributed by atoms with Crippen molar-refractivity contribution in [2.45, 2.75) is 6.92 Å². The van der Waals surface area contributed by atoms with E-state index in [-0.39, 0.29) is 18.3 Å². The van der Waals surface area contributed by atoms with E-state index in [1.165, 1.54) is 6.07 Å². The van der Waals surface area contributed by atoms with Crippen LogP contribution in [0, 0.1) is 24.1 Å². The summed E-state index contributed by atoms with van der Waals surface area (Å²) in [6.07, 6.45) is 0. The number of carbonyl (C=O) groups excluding carboxylic acids is 1. The van der Waals surface area contributed by atoms with Gasteiger partial charge in [-0.3, -0.25) is 9.69 Å². The van der Waals surface area contributed by atoms with Crippen molar-refractivity contribution in [3.63, 3.8) is 0 Å². The quantitative estimate of drug-likeness (QED) is 0.878. The number of carbonyl (C=O) groups is 1. The van der Waals surface area contributed by atoms with Crippen molar-refractivity contribution in [2.75, 3.05) is 37.6 Å². The van der Waals surface area contributed by atoms with Crippen LogP contribution in [0.15, 0.2) is 12.1 Å². The number of rotatable bonds is 3. The molecule has 2 N–H and O–H groups in total. The molecule has 1 aromatic carbocycles. The summed E-state index contributed by atoms with van der Waals surface area (Å²) in [4.78, 5) is 14.8. The van der Waals surface area contributed by atoms with E-state index in [0.717, 1.165) is 5.56 Å². The maximum Gasteiger partial charge on any atom is 0.231 e. The summed E-state index contributed by atoms with van der Waals surface area (Å²) in [5.41, 5.74) is 6.79. The largest absolute Gasteiger partial charge is 0.369 e. The average molecular weight is 276 g/mol. The average Bonchev–Trinajstić information content (AvgIpc) is 2.39. The normalized spacial score (nSPS) is 15.9. The molecule has 1 aromatic rings. The third-order valence-corrected chi connectivity index (χ3v) is 3.45. The van der Waals surface area contributed by atoms with Crippen LogP contribution < -0.4 is 10.6 Å². The fourth-order valence-electron chi connectivity index (χ4n) is 2.55. The van der Waals surface area contributed by atoms with Crippen molar-refractivity contribution in [3.8, 4) is 6.07 Å². The monoisotopic (exact) mass is 276 g/mol. The highest BCUT2D eigenvalue weighted by Crippen LogP contribution is 2.26. The second-order valence-corrected chi connectivity index (χ2v) is 4.96. The highest BCUT2D eigenvalue weighted by atomic mass is 19.1. The summed E-state index contributed by atoms with van der Waals surface area (Å²) in [6.45, 7) is 4.65. The van der Waals surface area contributed by atoms with Crippen LogP contribution in [0.1, 0.15) is 11.1 Å². The molecule has 0 aliphatic carbocycles. The van der Waals surface area contributed by atoms with Gasteiger partial charge < -0.3 is 10.6 Å². The van der Waals surface area contributed by atoms with Gasteiger partial charge >= 0.3 is 0 Å². The Bertz CT molecular complexity index is 536. The molecule has 1 aliphatic rings. The van der Waals surface area contributed by atoms with Gasteiger partial charge in [-0.15, -0.1) is 0 Å². The Balaban J connectivity index is 2.11. The molecule has 5 nitrogen and oxygen atoms in total. The molecule has 1 saturated heterocycles. The molecule has 1 heterocycles. The lowest BCUT2D eigenvalue weighted by atomic mass is 10.1. The summed E-state index contributed by atoms with van der Waals surface area (Å²) < 4.78 is 14.1. The minimum absolute atomic E-state index is 0.239. The number of benzene rings is 1. The summed E-state index contributed by atoms with van der Waals surface area (Å²) in [6, 6.07) is 4.90. The first kappa shape index (κ1) is 14.3. The van der Waals surface area contributed by atoms with Gasteiger partial charge in [-0.25, -0.2) is 4.39 Å². The first-order chi connectivity index (χ1) is 9.51. The molecular formula is C14H17FN4O. The van der Waals surface area contributed by atoms with Crippen LogP contribution in [-0.4, -0.2) is 43.5 Å². The molecule has 106 valence electrons. The number of anilines is 1. The van der Waals surface area contributed by atoms with Gasteiger partial charge in [0.2, 0.25) is 5.91 Å². The number of hydrogen-bond acceptors (Lipinski definition) is 4. The molecule has 1 fully saturated rings. The van der Waals surface area contributed by atoms with Gasteiger partial charge in [-0.2, -0.15) is 5.26 Å². The third kappa shape index (κ3) is 3.06. The molecule has 0 aromatic heterocycles. The lowest BCUT2D eigenvalue weighted by Gasteiger charge is -2.36. The molecule has 2 rings (SSSR count). The van der Waals surface area contributed by atoms with E-state index in [9.17, 15) is 9.18 Å². The number of halogens is 1. The molecule has 0 bridgehead atoms. The van der Waals surface area contributed by atoms with Crippen molar-refractivity contribution in [1.82, 2.24) is 4.90 Å². The van der Waals surface area contributed by atoms with Gasteiger partial charge in [0, 0.05) is 26.2 Å². The number of amides is 1. The smallest absolute Gasteiger partial charge is 0.231 e. The first-order valence-electron chi connectivity index (χ1n) is 6.47. The summed E-state index contributed by atoms with van der Waals surface area (Å²) in [5, 5.41) is 8.83. The number of hydrogen-bond donors (Lipinski definition) is 1. The molecular weight excluding hydrogens is 259 g/mol. The molecule has 0 spiro atoms. The Kier molecular flexibility index (Phi) is 4.20. The SMILES string of the molecule is Cc1cc(C#N)cc(F)c1N1CCN(CC(N)=O)CC1. The zero-order chi connectivity index (χ0) is 14.7. The fourth-order valence-corrected chi connectivity index (χ4v) is 2.55. The predicted molar refractivity (Wildman–Crippen MR) is 73.7 cm³/mol. The zero-order valence-electron chi connectivity index (χ0n) is 11.4. The highest BCUT2D eigenvalue weighted by Gasteiger charge is 2.22. The van der Waals surface area contributed by atoms with Gasteiger partial charge in [0.25, 0.3) is 0 Å². The summed E-state index contributed by atoms with van der Waals surface area (Å²) in [5.74, 6) is -0.718. The molecule has 0 unspecified atom stereocenters. The molecule has 1 aliphatic heterocycles. The number of nitrogens with two attached hydrogens (primary N) is 1. The standard InChI is InChI=1S/C14H17FN4O/c1-10-6-11(8-16)7-12(15)14(10)19-4-2-18(3-5-19)9-13(17)20/h6-7H,2-5,9H2,1H3,(H2,17,20).